The highest BCUT2D eigenvalue weighted by atomic mass is 16.5. The quantitative estimate of drug-likeness (QED) is 0.607. The van der Waals surface area contributed by atoms with Gasteiger partial charge in [-0.05, 0) is 25.5 Å². The molecule has 0 aromatic heterocycles. The van der Waals surface area contributed by atoms with E-state index in [0.717, 1.165) is 17.7 Å². The third-order valence-corrected chi connectivity index (χ3v) is 2.39. The van der Waals surface area contributed by atoms with Crippen LogP contribution in [0.15, 0.2) is 48.9 Å². The summed E-state index contributed by atoms with van der Waals surface area (Å²) >= 11 is 0. The van der Waals surface area contributed by atoms with Crippen LogP contribution in [0.1, 0.15) is 18.9 Å². The molecular formula is C15H20N2O2. The lowest BCUT2D eigenvalue weighted by atomic mass is 10.2. The number of carbonyl (C=O) groups excluding carboxylic acids is 1. The van der Waals surface area contributed by atoms with Gasteiger partial charge in [-0.25, -0.2) is 4.79 Å². The van der Waals surface area contributed by atoms with Crippen molar-refractivity contribution < 1.29 is 9.53 Å². The number of aryl methyl sites for hydroxylation is 1. The second-order valence-corrected chi connectivity index (χ2v) is 4.20. The highest BCUT2D eigenvalue weighted by Gasteiger charge is 2.06. The fraction of sp³-hybridized carbons (Fsp3) is 0.267. The van der Waals surface area contributed by atoms with Crippen LogP contribution in [0.3, 0.4) is 0 Å². The van der Waals surface area contributed by atoms with E-state index in [-0.39, 0.29) is 6.03 Å². The lowest BCUT2D eigenvalue weighted by molar-refractivity contribution is 0.217. The summed E-state index contributed by atoms with van der Waals surface area (Å²) in [5.74, 6) is 0.376. The van der Waals surface area contributed by atoms with Gasteiger partial charge in [0.05, 0.1) is 12.3 Å². The van der Waals surface area contributed by atoms with Crippen LogP contribution in [0.4, 0.5) is 10.5 Å². The van der Waals surface area contributed by atoms with Gasteiger partial charge < -0.3 is 15.4 Å². The molecule has 19 heavy (non-hydrogen) atoms. The van der Waals surface area contributed by atoms with Crippen LogP contribution in [0.2, 0.25) is 0 Å². The summed E-state index contributed by atoms with van der Waals surface area (Å²) in [5.41, 5.74) is 2.21. The molecule has 0 saturated heterocycles. The maximum Gasteiger partial charge on any atom is 0.323 e. The van der Waals surface area contributed by atoms with Gasteiger partial charge in [-0.3, -0.25) is 0 Å². The maximum absolute atomic E-state index is 11.7. The highest BCUT2D eigenvalue weighted by Crippen LogP contribution is 2.09. The minimum absolute atomic E-state index is 0.359. The van der Waals surface area contributed by atoms with E-state index in [4.69, 9.17) is 4.74 Å². The molecule has 0 saturated carbocycles. The molecule has 102 valence electrons. The van der Waals surface area contributed by atoms with E-state index >= 15 is 0 Å². The molecule has 1 aromatic rings. The number of ether oxygens (including phenoxy) is 1. The standard InChI is InChI=1S/C15H20N2O2/c1-5-10-19-13(4)12(3)16-15(18)17-14-8-6-11(2)7-9-14/h6-9H,3-5,10H2,1-2H3,(H2,16,17,18). The van der Waals surface area contributed by atoms with Crippen LogP contribution in [0.25, 0.3) is 0 Å². The molecule has 0 radical (unpaired) electrons. The average Bonchev–Trinajstić information content (AvgIpc) is 2.38. The van der Waals surface area contributed by atoms with Crippen molar-refractivity contribution in [1.82, 2.24) is 5.32 Å². The summed E-state index contributed by atoms with van der Waals surface area (Å²) in [7, 11) is 0. The molecule has 1 aromatic carbocycles. The molecule has 0 spiro atoms. The van der Waals surface area contributed by atoms with Crippen molar-refractivity contribution in [3.8, 4) is 0 Å². The number of carbonyl (C=O) groups is 1. The van der Waals surface area contributed by atoms with Gasteiger partial charge in [-0.15, -0.1) is 0 Å². The Morgan fingerprint density at radius 1 is 1.26 bits per heavy atom. The van der Waals surface area contributed by atoms with Crippen LogP contribution >= 0.6 is 0 Å². The monoisotopic (exact) mass is 260 g/mol. The van der Waals surface area contributed by atoms with E-state index in [1.165, 1.54) is 0 Å². The lowest BCUT2D eigenvalue weighted by Gasteiger charge is -2.13. The number of hydrogen-bond donors (Lipinski definition) is 2. The topological polar surface area (TPSA) is 50.4 Å². The smallest absolute Gasteiger partial charge is 0.323 e. The normalized spacial score (nSPS) is 9.58. The van der Waals surface area contributed by atoms with Crippen LogP contribution in [-0.2, 0) is 4.74 Å². The molecule has 0 atom stereocenters. The molecule has 4 heteroatoms. The molecule has 0 aliphatic carbocycles. The largest absolute Gasteiger partial charge is 0.492 e. The summed E-state index contributed by atoms with van der Waals surface area (Å²) < 4.78 is 5.28. The second kappa shape index (κ2) is 7.26. The minimum Gasteiger partial charge on any atom is -0.492 e. The zero-order valence-electron chi connectivity index (χ0n) is 11.5. The number of amides is 2. The minimum atomic E-state index is -0.366. The van der Waals surface area contributed by atoms with Crippen LogP contribution in [-0.4, -0.2) is 12.6 Å². The summed E-state index contributed by atoms with van der Waals surface area (Å²) in [6, 6.07) is 7.15. The number of urea groups is 1. The second-order valence-electron chi connectivity index (χ2n) is 4.20. The van der Waals surface area contributed by atoms with Gasteiger partial charge in [-0.2, -0.15) is 0 Å². The molecule has 0 bridgehead atoms. The Morgan fingerprint density at radius 3 is 2.47 bits per heavy atom. The third-order valence-electron chi connectivity index (χ3n) is 2.39. The molecular weight excluding hydrogens is 240 g/mol. The summed E-state index contributed by atoms with van der Waals surface area (Å²) in [6.45, 7) is 11.9. The van der Waals surface area contributed by atoms with Crippen LogP contribution in [0, 0.1) is 6.92 Å². The van der Waals surface area contributed by atoms with Crippen molar-refractivity contribution in [3.05, 3.63) is 54.4 Å². The van der Waals surface area contributed by atoms with Crippen molar-refractivity contribution in [2.75, 3.05) is 11.9 Å². The summed E-state index contributed by atoms with van der Waals surface area (Å²) in [4.78, 5) is 11.7. The van der Waals surface area contributed by atoms with E-state index in [2.05, 4.69) is 23.8 Å². The number of hydrogen-bond acceptors (Lipinski definition) is 2. The van der Waals surface area contributed by atoms with Crippen molar-refractivity contribution in [2.24, 2.45) is 0 Å². The first-order valence-corrected chi connectivity index (χ1v) is 6.18. The summed E-state index contributed by atoms with van der Waals surface area (Å²) in [6.07, 6.45) is 0.877. The maximum atomic E-state index is 11.7. The number of rotatable bonds is 6. The zero-order chi connectivity index (χ0) is 14.3. The molecule has 0 unspecified atom stereocenters. The Hall–Kier alpha value is -2.23. The molecule has 2 N–H and O–H groups in total. The van der Waals surface area contributed by atoms with Crippen LogP contribution < -0.4 is 10.6 Å². The van der Waals surface area contributed by atoms with Gasteiger partial charge in [0.1, 0.15) is 5.76 Å². The SMILES string of the molecule is C=C(NC(=O)Nc1ccc(C)cc1)C(=C)OCCC. The molecule has 0 heterocycles. The molecule has 4 nitrogen and oxygen atoms in total. The average molecular weight is 260 g/mol. The molecule has 1 rings (SSSR count). The van der Waals surface area contributed by atoms with Crippen molar-refractivity contribution >= 4 is 11.7 Å². The van der Waals surface area contributed by atoms with Gasteiger partial charge in [0.2, 0.25) is 0 Å². The van der Waals surface area contributed by atoms with Crippen molar-refractivity contribution in [3.63, 3.8) is 0 Å². The Labute approximate surface area is 114 Å². The Bertz CT molecular complexity index is 464. The first kappa shape index (κ1) is 14.8. The van der Waals surface area contributed by atoms with E-state index in [9.17, 15) is 4.79 Å². The van der Waals surface area contributed by atoms with E-state index in [1.54, 1.807) is 0 Å². The van der Waals surface area contributed by atoms with Gasteiger partial charge in [0.15, 0.2) is 0 Å². The van der Waals surface area contributed by atoms with Gasteiger partial charge in [0, 0.05) is 5.69 Å². The zero-order valence-corrected chi connectivity index (χ0v) is 11.5. The molecule has 2 amide bonds. The van der Waals surface area contributed by atoms with E-state index < -0.39 is 0 Å². The molecule has 0 aliphatic heterocycles. The van der Waals surface area contributed by atoms with Crippen molar-refractivity contribution in [1.29, 1.82) is 0 Å². The number of nitrogens with one attached hydrogen (secondary N) is 2. The Balaban J connectivity index is 2.44. The number of anilines is 1. The van der Waals surface area contributed by atoms with Gasteiger partial charge in [-0.1, -0.05) is 37.8 Å². The molecule has 0 fully saturated rings. The first-order valence-electron chi connectivity index (χ1n) is 6.18. The lowest BCUT2D eigenvalue weighted by Crippen LogP contribution is -2.28. The van der Waals surface area contributed by atoms with E-state index in [1.807, 2.05) is 38.1 Å². The Kier molecular flexibility index (Phi) is 5.67. The summed E-state index contributed by atoms with van der Waals surface area (Å²) in [5, 5.41) is 5.29. The van der Waals surface area contributed by atoms with Crippen molar-refractivity contribution in [2.45, 2.75) is 20.3 Å². The predicted octanol–water partition coefficient (Wildman–Crippen LogP) is 3.57. The van der Waals surface area contributed by atoms with E-state index in [0.29, 0.717) is 18.1 Å². The molecule has 0 aliphatic rings. The predicted molar refractivity (Wildman–Crippen MR) is 77.9 cm³/mol. The highest BCUT2D eigenvalue weighted by molar-refractivity contribution is 5.90. The third kappa shape index (κ3) is 5.29. The fourth-order valence-corrected chi connectivity index (χ4v) is 1.32. The first-order chi connectivity index (χ1) is 9.02. The Morgan fingerprint density at radius 2 is 1.89 bits per heavy atom. The fourth-order valence-electron chi connectivity index (χ4n) is 1.32. The van der Waals surface area contributed by atoms with Gasteiger partial charge >= 0.3 is 6.03 Å². The number of benzene rings is 1. The van der Waals surface area contributed by atoms with Gasteiger partial charge in [0.25, 0.3) is 0 Å². The van der Waals surface area contributed by atoms with Crippen LogP contribution in [0.5, 0.6) is 0 Å².